The van der Waals surface area contributed by atoms with E-state index in [4.69, 9.17) is 0 Å². The van der Waals surface area contributed by atoms with Gasteiger partial charge in [0.2, 0.25) is 0 Å². The molecule has 4 atom stereocenters. The lowest BCUT2D eigenvalue weighted by Gasteiger charge is -2.26. The average Bonchev–Trinajstić information content (AvgIpc) is 2.67. The van der Waals surface area contributed by atoms with Gasteiger partial charge < -0.3 is 9.47 Å². The van der Waals surface area contributed by atoms with Crippen molar-refractivity contribution >= 4 is 23.9 Å². The van der Waals surface area contributed by atoms with E-state index < -0.39 is 47.5 Å². The molecule has 6 heteroatoms. The molecule has 0 aromatic carbocycles. The van der Waals surface area contributed by atoms with Crippen LogP contribution in [0, 0.1) is 23.7 Å². The van der Waals surface area contributed by atoms with Crippen LogP contribution in [0.4, 0.5) is 0 Å². The number of rotatable bonds is 0. The van der Waals surface area contributed by atoms with Crippen LogP contribution >= 0.6 is 0 Å². The third-order valence-corrected chi connectivity index (χ3v) is 3.59. The number of hydrogen-bond donors (Lipinski definition) is 0. The van der Waals surface area contributed by atoms with Crippen molar-refractivity contribution in [3.63, 3.8) is 0 Å². The largest absolute Gasteiger partial charge is 0.393 e. The van der Waals surface area contributed by atoms with Gasteiger partial charge in [-0.25, -0.2) is 0 Å². The molecule has 3 fully saturated rings. The number of ether oxygens (including phenoxy) is 2. The minimum Gasteiger partial charge on any atom is -0.393 e. The molecule has 6 nitrogen and oxygen atoms in total. The summed E-state index contributed by atoms with van der Waals surface area (Å²) < 4.78 is 9.01. The summed E-state index contributed by atoms with van der Waals surface area (Å²) in [4.78, 5) is 45.5. The van der Waals surface area contributed by atoms with Crippen molar-refractivity contribution in [2.45, 2.75) is 12.8 Å². The minimum atomic E-state index is -0.815. The molecule has 1 saturated carbocycles. The highest BCUT2D eigenvalue weighted by Gasteiger charge is 2.61. The van der Waals surface area contributed by atoms with Gasteiger partial charge in [-0.3, -0.25) is 19.2 Å². The average molecular weight is 224 g/mol. The van der Waals surface area contributed by atoms with Gasteiger partial charge in [0, 0.05) is 0 Å². The molecular weight excluding hydrogens is 216 g/mol. The molecule has 3 rings (SSSR count). The quantitative estimate of drug-likeness (QED) is 0.404. The molecule has 2 heterocycles. The molecule has 0 aromatic rings. The van der Waals surface area contributed by atoms with Crippen molar-refractivity contribution in [3.05, 3.63) is 0 Å². The maximum absolute atomic E-state index is 11.5. The Kier molecular flexibility index (Phi) is 1.72. The van der Waals surface area contributed by atoms with E-state index >= 15 is 0 Å². The molecule has 1 aliphatic carbocycles. The Morgan fingerprint density at radius 3 is 1.44 bits per heavy atom. The molecule has 2 saturated heterocycles. The van der Waals surface area contributed by atoms with Gasteiger partial charge in [-0.15, -0.1) is 0 Å². The van der Waals surface area contributed by atoms with E-state index in [1.54, 1.807) is 0 Å². The molecule has 3 aliphatic rings. The van der Waals surface area contributed by atoms with Crippen LogP contribution in [0.5, 0.6) is 0 Å². The molecule has 0 N–H and O–H groups in total. The third kappa shape index (κ3) is 1.01. The van der Waals surface area contributed by atoms with Crippen molar-refractivity contribution in [1.29, 1.82) is 0 Å². The molecular formula is C10H8O6. The SMILES string of the molecule is O=C1OC(=O)C2C1CC[C@H]1C(=O)OC(=O)[C@@H]21. The molecule has 0 radical (unpaired) electrons. The minimum absolute atomic E-state index is 0.402. The number of fused-ring (bicyclic) bond motifs is 3. The van der Waals surface area contributed by atoms with E-state index in [-0.39, 0.29) is 0 Å². The molecule has 0 aromatic heterocycles. The highest BCUT2D eigenvalue weighted by atomic mass is 16.6. The first-order valence-corrected chi connectivity index (χ1v) is 5.10. The summed E-state index contributed by atoms with van der Waals surface area (Å²) in [6, 6.07) is 0. The van der Waals surface area contributed by atoms with E-state index in [2.05, 4.69) is 9.47 Å². The van der Waals surface area contributed by atoms with Gasteiger partial charge in [-0.2, -0.15) is 0 Å². The Labute approximate surface area is 89.9 Å². The summed E-state index contributed by atoms with van der Waals surface area (Å²) in [6.45, 7) is 0. The molecule has 0 amide bonds. The van der Waals surface area contributed by atoms with Crippen molar-refractivity contribution in [2.75, 3.05) is 0 Å². The highest BCUT2D eigenvalue weighted by Crippen LogP contribution is 2.47. The lowest BCUT2D eigenvalue weighted by molar-refractivity contribution is -0.158. The molecule has 0 spiro atoms. The summed E-state index contributed by atoms with van der Waals surface area (Å²) in [6.07, 6.45) is 0.803. The van der Waals surface area contributed by atoms with Crippen LogP contribution in [-0.2, 0) is 28.7 Å². The number of cyclic esters (lactones) is 4. The predicted molar refractivity (Wildman–Crippen MR) is 45.4 cm³/mol. The molecule has 84 valence electrons. The van der Waals surface area contributed by atoms with E-state index in [9.17, 15) is 19.2 Å². The Bertz CT molecular complexity index is 385. The van der Waals surface area contributed by atoms with Crippen molar-refractivity contribution in [2.24, 2.45) is 23.7 Å². The molecule has 0 bridgehead atoms. The molecule has 2 unspecified atom stereocenters. The zero-order valence-electron chi connectivity index (χ0n) is 8.17. The number of carbonyl (C=O) groups excluding carboxylic acids is 4. The van der Waals surface area contributed by atoms with E-state index in [0.717, 1.165) is 0 Å². The summed E-state index contributed by atoms with van der Waals surface area (Å²) in [7, 11) is 0. The Morgan fingerprint density at radius 1 is 0.688 bits per heavy atom. The standard InChI is InChI=1S/C10H8O6/c11-7-3-1-2-4-6(5(3)9(13)15-7)10(14)16-8(4)12/h3-6H,1-2H2/t3-,4?,5-,6?/m1/s1. The second kappa shape index (κ2) is 2.90. The Balaban J connectivity index is 2.01. The Hall–Kier alpha value is -1.72. The summed E-state index contributed by atoms with van der Waals surface area (Å²) in [5.74, 6) is -5.34. The normalized spacial score (nSPS) is 41.5. The fourth-order valence-electron chi connectivity index (χ4n) is 2.86. The predicted octanol–water partition coefficient (Wildman–Crippen LogP) is -0.588. The van der Waals surface area contributed by atoms with Crippen molar-refractivity contribution < 1.29 is 28.7 Å². The summed E-state index contributed by atoms with van der Waals surface area (Å²) in [5, 5.41) is 0. The van der Waals surface area contributed by atoms with E-state index in [0.29, 0.717) is 12.8 Å². The second-order valence-electron chi connectivity index (χ2n) is 4.32. The molecule has 16 heavy (non-hydrogen) atoms. The zero-order valence-corrected chi connectivity index (χ0v) is 8.17. The lowest BCUT2D eigenvalue weighted by atomic mass is 9.68. The van der Waals surface area contributed by atoms with E-state index in [1.807, 2.05) is 0 Å². The monoisotopic (exact) mass is 224 g/mol. The van der Waals surface area contributed by atoms with Crippen LogP contribution in [0.1, 0.15) is 12.8 Å². The molecule has 2 aliphatic heterocycles. The fourth-order valence-corrected chi connectivity index (χ4v) is 2.86. The van der Waals surface area contributed by atoms with Crippen LogP contribution in [0.2, 0.25) is 0 Å². The smallest absolute Gasteiger partial charge is 0.318 e. The third-order valence-electron chi connectivity index (χ3n) is 3.59. The van der Waals surface area contributed by atoms with Crippen LogP contribution in [-0.4, -0.2) is 23.9 Å². The lowest BCUT2D eigenvalue weighted by Crippen LogP contribution is -2.38. The van der Waals surface area contributed by atoms with Gasteiger partial charge in [-0.1, -0.05) is 0 Å². The van der Waals surface area contributed by atoms with Gasteiger partial charge in [-0.05, 0) is 12.8 Å². The van der Waals surface area contributed by atoms with Gasteiger partial charge in [0.1, 0.15) is 0 Å². The summed E-state index contributed by atoms with van der Waals surface area (Å²) >= 11 is 0. The van der Waals surface area contributed by atoms with Gasteiger partial charge in [0.05, 0.1) is 23.7 Å². The van der Waals surface area contributed by atoms with Gasteiger partial charge >= 0.3 is 23.9 Å². The highest BCUT2D eigenvalue weighted by molar-refractivity contribution is 6.04. The number of hydrogen-bond acceptors (Lipinski definition) is 6. The van der Waals surface area contributed by atoms with Crippen LogP contribution in [0.3, 0.4) is 0 Å². The fraction of sp³-hybridized carbons (Fsp3) is 0.600. The van der Waals surface area contributed by atoms with Gasteiger partial charge in [0.25, 0.3) is 0 Å². The maximum atomic E-state index is 11.5. The van der Waals surface area contributed by atoms with Crippen LogP contribution in [0.25, 0.3) is 0 Å². The first kappa shape index (κ1) is 9.50. The second-order valence-corrected chi connectivity index (χ2v) is 4.32. The van der Waals surface area contributed by atoms with Crippen LogP contribution in [0.15, 0.2) is 0 Å². The zero-order chi connectivity index (χ0) is 11.4. The van der Waals surface area contributed by atoms with Crippen molar-refractivity contribution in [3.8, 4) is 0 Å². The topological polar surface area (TPSA) is 86.7 Å². The number of esters is 4. The van der Waals surface area contributed by atoms with Crippen LogP contribution < -0.4 is 0 Å². The first-order chi connectivity index (χ1) is 7.59. The van der Waals surface area contributed by atoms with Crippen molar-refractivity contribution in [1.82, 2.24) is 0 Å². The summed E-state index contributed by atoms with van der Waals surface area (Å²) in [5.41, 5.74) is 0. The van der Waals surface area contributed by atoms with Gasteiger partial charge in [0.15, 0.2) is 0 Å². The first-order valence-electron chi connectivity index (χ1n) is 5.10. The maximum Gasteiger partial charge on any atom is 0.318 e. The number of carbonyl (C=O) groups is 4. The Morgan fingerprint density at radius 2 is 1.06 bits per heavy atom. The van der Waals surface area contributed by atoms with E-state index in [1.165, 1.54) is 0 Å².